The van der Waals surface area contributed by atoms with Crippen LogP contribution in [0.4, 0.5) is 0 Å². The Morgan fingerprint density at radius 2 is 2.12 bits per heavy atom. The zero-order valence-electron chi connectivity index (χ0n) is 10.3. The van der Waals surface area contributed by atoms with Gasteiger partial charge in [-0.2, -0.15) is 0 Å². The SMILES string of the molecule is CCCCCC=CN[C@@H](CCC(N)=O)C(=O)O. The highest BCUT2D eigenvalue weighted by Gasteiger charge is 2.15. The van der Waals surface area contributed by atoms with Gasteiger partial charge in [0.2, 0.25) is 5.91 Å². The Labute approximate surface area is 102 Å². The molecule has 0 aromatic carbocycles. The van der Waals surface area contributed by atoms with E-state index in [9.17, 15) is 9.59 Å². The highest BCUT2D eigenvalue weighted by Crippen LogP contribution is 2.00. The second-order valence-corrected chi connectivity index (χ2v) is 3.96. The minimum Gasteiger partial charge on any atom is -0.480 e. The highest BCUT2D eigenvalue weighted by molar-refractivity contribution is 5.77. The number of allylic oxidation sites excluding steroid dienone is 1. The molecule has 0 radical (unpaired) electrons. The quantitative estimate of drug-likeness (QED) is 0.505. The number of carbonyl (C=O) groups excluding carboxylic acids is 1. The van der Waals surface area contributed by atoms with Crippen molar-refractivity contribution in [1.29, 1.82) is 0 Å². The maximum atomic E-state index is 10.8. The van der Waals surface area contributed by atoms with Crippen LogP contribution in [0.5, 0.6) is 0 Å². The van der Waals surface area contributed by atoms with Crippen molar-refractivity contribution in [3.63, 3.8) is 0 Å². The molecule has 5 nitrogen and oxygen atoms in total. The van der Waals surface area contributed by atoms with Crippen molar-refractivity contribution >= 4 is 11.9 Å². The Morgan fingerprint density at radius 1 is 1.41 bits per heavy atom. The number of carboxylic acids is 1. The zero-order valence-corrected chi connectivity index (χ0v) is 10.3. The number of carboxylic acid groups (broad SMARTS) is 1. The first-order valence-electron chi connectivity index (χ1n) is 6.00. The minimum absolute atomic E-state index is 0.0770. The fourth-order valence-corrected chi connectivity index (χ4v) is 1.34. The molecular weight excluding hydrogens is 220 g/mol. The van der Waals surface area contributed by atoms with Crippen LogP contribution in [0.1, 0.15) is 45.4 Å². The minimum atomic E-state index is -0.968. The van der Waals surface area contributed by atoms with Gasteiger partial charge in [-0.15, -0.1) is 0 Å². The van der Waals surface area contributed by atoms with Gasteiger partial charge in [-0.3, -0.25) is 4.79 Å². The van der Waals surface area contributed by atoms with E-state index >= 15 is 0 Å². The van der Waals surface area contributed by atoms with Gasteiger partial charge in [-0.05, 0) is 25.5 Å². The summed E-state index contributed by atoms with van der Waals surface area (Å²) in [4.78, 5) is 21.4. The molecule has 0 aromatic heterocycles. The fourth-order valence-electron chi connectivity index (χ4n) is 1.34. The number of aliphatic carboxylic acids is 1. The van der Waals surface area contributed by atoms with E-state index in [0.717, 1.165) is 19.3 Å². The van der Waals surface area contributed by atoms with Gasteiger partial charge < -0.3 is 16.2 Å². The van der Waals surface area contributed by atoms with E-state index in [1.165, 1.54) is 6.42 Å². The predicted molar refractivity (Wildman–Crippen MR) is 66.3 cm³/mol. The second-order valence-electron chi connectivity index (χ2n) is 3.96. The zero-order chi connectivity index (χ0) is 13.1. The number of hydrogen-bond donors (Lipinski definition) is 3. The van der Waals surface area contributed by atoms with Gasteiger partial charge in [0.25, 0.3) is 0 Å². The average Bonchev–Trinajstić information content (AvgIpc) is 2.26. The molecule has 0 rings (SSSR count). The number of amides is 1. The molecule has 0 aliphatic heterocycles. The van der Waals surface area contributed by atoms with Crippen LogP contribution in [-0.2, 0) is 9.59 Å². The second kappa shape index (κ2) is 9.69. The first kappa shape index (κ1) is 15.5. The topological polar surface area (TPSA) is 92.4 Å². The summed E-state index contributed by atoms with van der Waals surface area (Å²) < 4.78 is 0. The first-order chi connectivity index (χ1) is 8.07. The van der Waals surface area contributed by atoms with Crippen LogP contribution < -0.4 is 11.1 Å². The highest BCUT2D eigenvalue weighted by atomic mass is 16.4. The molecule has 17 heavy (non-hydrogen) atoms. The number of carbonyl (C=O) groups is 2. The summed E-state index contributed by atoms with van der Waals surface area (Å²) in [5.41, 5.74) is 4.97. The van der Waals surface area contributed by atoms with E-state index in [-0.39, 0.29) is 12.8 Å². The fraction of sp³-hybridized carbons (Fsp3) is 0.667. The number of unbranched alkanes of at least 4 members (excludes halogenated alkanes) is 3. The smallest absolute Gasteiger partial charge is 0.326 e. The molecule has 0 bridgehead atoms. The molecule has 5 heteroatoms. The van der Waals surface area contributed by atoms with Crippen LogP contribution >= 0.6 is 0 Å². The van der Waals surface area contributed by atoms with Crippen molar-refractivity contribution in [3.8, 4) is 0 Å². The van der Waals surface area contributed by atoms with Gasteiger partial charge in [0.1, 0.15) is 6.04 Å². The lowest BCUT2D eigenvalue weighted by Crippen LogP contribution is -2.34. The lowest BCUT2D eigenvalue weighted by molar-refractivity contribution is -0.139. The lowest BCUT2D eigenvalue weighted by atomic mass is 10.1. The molecule has 0 aliphatic rings. The summed E-state index contributed by atoms with van der Waals surface area (Å²) in [5.74, 6) is -1.45. The number of primary amides is 1. The molecule has 4 N–H and O–H groups in total. The van der Waals surface area contributed by atoms with E-state index in [0.29, 0.717) is 0 Å². The van der Waals surface area contributed by atoms with Gasteiger partial charge in [0, 0.05) is 6.42 Å². The Kier molecular flexibility index (Phi) is 8.82. The van der Waals surface area contributed by atoms with Gasteiger partial charge in [-0.1, -0.05) is 25.8 Å². The molecule has 0 saturated heterocycles. The molecule has 0 unspecified atom stereocenters. The van der Waals surface area contributed by atoms with Crippen LogP contribution in [0.3, 0.4) is 0 Å². The van der Waals surface area contributed by atoms with Crippen molar-refractivity contribution < 1.29 is 14.7 Å². The van der Waals surface area contributed by atoms with Crippen molar-refractivity contribution in [2.24, 2.45) is 5.73 Å². The Morgan fingerprint density at radius 3 is 2.65 bits per heavy atom. The summed E-state index contributed by atoms with van der Waals surface area (Å²) in [6, 6.07) is -0.745. The summed E-state index contributed by atoms with van der Waals surface area (Å²) in [5, 5.41) is 11.6. The number of hydrogen-bond acceptors (Lipinski definition) is 3. The van der Waals surface area contributed by atoms with Gasteiger partial charge in [0.15, 0.2) is 0 Å². The summed E-state index contributed by atoms with van der Waals surface area (Å²) >= 11 is 0. The normalized spacial score (nSPS) is 12.5. The van der Waals surface area contributed by atoms with Gasteiger partial charge >= 0.3 is 5.97 Å². The molecule has 0 aliphatic carbocycles. The van der Waals surface area contributed by atoms with E-state index in [1.54, 1.807) is 6.20 Å². The first-order valence-corrected chi connectivity index (χ1v) is 6.00. The molecular formula is C12H22N2O3. The van der Waals surface area contributed by atoms with Crippen LogP contribution in [0, 0.1) is 0 Å². The molecule has 98 valence electrons. The Balaban J connectivity index is 3.84. The third-order valence-corrected chi connectivity index (χ3v) is 2.37. The summed E-state index contributed by atoms with van der Waals surface area (Å²) in [7, 11) is 0. The maximum Gasteiger partial charge on any atom is 0.326 e. The number of rotatable bonds is 10. The third-order valence-electron chi connectivity index (χ3n) is 2.37. The summed E-state index contributed by atoms with van der Waals surface area (Å²) in [6.07, 6.45) is 8.23. The molecule has 0 aromatic rings. The predicted octanol–water partition coefficient (Wildman–Crippen LogP) is 1.39. The third kappa shape index (κ3) is 9.41. The molecule has 0 heterocycles. The van der Waals surface area contributed by atoms with Crippen molar-refractivity contribution in [3.05, 3.63) is 12.3 Å². The van der Waals surface area contributed by atoms with E-state index < -0.39 is 17.9 Å². The molecule has 1 amide bonds. The van der Waals surface area contributed by atoms with Crippen LogP contribution in [-0.4, -0.2) is 23.0 Å². The number of nitrogens with one attached hydrogen (secondary N) is 1. The molecule has 0 saturated carbocycles. The summed E-state index contributed by atoms with van der Waals surface area (Å²) in [6.45, 7) is 2.13. The van der Waals surface area contributed by atoms with Crippen molar-refractivity contribution in [2.45, 2.75) is 51.5 Å². The van der Waals surface area contributed by atoms with E-state index in [4.69, 9.17) is 10.8 Å². The molecule has 0 spiro atoms. The standard InChI is InChI=1S/C12H22N2O3/c1-2-3-4-5-6-9-14-10(12(16)17)7-8-11(13)15/h6,9-10,14H,2-5,7-8H2,1H3,(H2,13,15)(H,16,17)/t10-/m0/s1. The average molecular weight is 242 g/mol. The van der Waals surface area contributed by atoms with Gasteiger partial charge in [0.05, 0.1) is 0 Å². The number of nitrogens with two attached hydrogens (primary N) is 1. The maximum absolute atomic E-state index is 10.8. The largest absolute Gasteiger partial charge is 0.480 e. The van der Waals surface area contributed by atoms with Crippen LogP contribution in [0.25, 0.3) is 0 Å². The van der Waals surface area contributed by atoms with Crippen LogP contribution in [0.15, 0.2) is 12.3 Å². The van der Waals surface area contributed by atoms with E-state index in [1.807, 2.05) is 6.08 Å². The van der Waals surface area contributed by atoms with Crippen molar-refractivity contribution in [2.75, 3.05) is 0 Å². The monoisotopic (exact) mass is 242 g/mol. The molecule has 1 atom stereocenters. The van der Waals surface area contributed by atoms with Gasteiger partial charge in [-0.25, -0.2) is 4.79 Å². The Bertz CT molecular complexity index is 264. The van der Waals surface area contributed by atoms with E-state index in [2.05, 4.69) is 12.2 Å². The Hall–Kier alpha value is -1.52. The lowest BCUT2D eigenvalue weighted by Gasteiger charge is -2.11. The molecule has 0 fully saturated rings. The van der Waals surface area contributed by atoms with Crippen LogP contribution in [0.2, 0.25) is 0 Å². The van der Waals surface area contributed by atoms with Crippen molar-refractivity contribution in [1.82, 2.24) is 5.32 Å².